The lowest BCUT2D eigenvalue weighted by atomic mass is 10.2. The van der Waals surface area contributed by atoms with Crippen molar-refractivity contribution in [3.8, 4) is 0 Å². The number of aromatic nitrogens is 2. The van der Waals surface area contributed by atoms with E-state index in [1.165, 1.54) is 16.9 Å². The van der Waals surface area contributed by atoms with Gasteiger partial charge in [0.2, 0.25) is 5.13 Å². The summed E-state index contributed by atoms with van der Waals surface area (Å²) in [6.45, 7) is 0. The van der Waals surface area contributed by atoms with Crippen molar-refractivity contribution in [2.75, 3.05) is 0 Å². The Morgan fingerprint density at radius 2 is 1.86 bits per heavy atom. The molecule has 0 radical (unpaired) electrons. The zero-order chi connectivity index (χ0) is 15.4. The Kier molecular flexibility index (Phi) is 4.83. The molecule has 3 rings (SSSR count). The highest BCUT2D eigenvalue weighted by Gasteiger charge is 2.04. The standard InChI is InChI=1S/C16H11Cl2N3S/c17-13-7-6-12(14(18)9-13)10-19-16-21-20-15(22-16)8-11-4-2-1-3-5-11/h1-7,9-10H,8H2. The van der Waals surface area contributed by atoms with E-state index < -0.39 is 0 Å². The number of hydrogen-bond donors (Lipinski definition) is 0. The molecule has 0 N–H and O–H groups in total. The molecule has 2 aromatic carbocycles. The number of aliphatic imine (C=N–C) groups is 1. The normalized spacial score (nSPS) is 11.2. The third kappa shape index (κ3) is 3.91. The van der Waals surface area contributed by atoms with Crippen LogP contribution in [0, 0.1) is 0 Å². The molecule has 0 aliphatic carbocycles. The Hall–Kier alpha value is -1.75. The summed E-state index contributed by atoms with van der Waals surface area (Å²) in [6.07, 6.45) is 2.43. The van der Waals surface area contributed by atoms with Crippen LogP contribution in [0.5, 0.6) is 0 Å². The van der Waals surface area contributed by atoms with Gasteiger partial charge in [0.25, 0.3) is 0 Å². The smallest absolute Gasteiger partial charge is 0.226 e. The van der Waals surface area contributed by atoms with E-state index in [0.717, 1.165) is 17.0 Å². The van der Waals surface area contributed by atoms with Crippen molar-refractivity contribution >= 4 is 45.9 Å². The van der Waals surface area contributed by atoms with Crippen molar-refractivity contribution in [1.29, 1.82) is 0 Å². The molecule has 0 saturated heterocycles. The molecule has 0 unspecified atom stereocenters. The summed E-state index contributed by atoms with van der Waals surface area (Å²) < 4.78 is 0. The van der Waals surface area contributed by atoms with Gasteiger partial charge in [0.15, 0.2) is 0 Å². The van der Waals surface area contributed by atoms with E-state index in [1.807, 2.05) is 24.3 Å². The molecule has 6 heteroatoms. The molecule has 0 spiro atoms. The maximum absolute atomic E-state index is 6.10. The van der Waals surface area contributed by atoms with Crippen LogP contribution in [0.1, 0.15) is 16.1 Å². The SMILES string of the molecule is Clc1ccc(C=Nc2nnc(Cc3ccccc3)s2)c(Cl)c1. The molecule has 1 aromatic heterocycles. The molecule has 0 aliphatic heterocycles. The van der Waals surface area contributed by atoms with Crippen LogP contribution >= 0.6 is 34.5 Å². The highest BCUT2D eigenvalue weighted by atomic mass is 35.5. The van der Waals surface area contributed by atoms with Gasteiger partial charge in [-0.25, -0.2) is 4.99 Å². The Bertz CT molecular complexity index is 800. The maximum atomic E-state index is 6.10. The first-order chi connectivity index (χ1) is 10.7. The molecule has 0 aliphatic rings. The third-order valence-electron chi connectivity index (χ3n) is 2.93. The van der Waals surface area contributed by atoms with Crippen LogP contribution in [0.4, 0.5) is 5.13 Å². The molecule has 110 valence electrons. The lowest BCUT2D eigenvalue weighted by molar-refractivity contribution is 1.00. The van der Waals surface area contributed by atoms with Gasteiger partial charge in [-0.1, -0.05) is 70.9 Å². The van der Waals surface area contributed by atoms with Gasteiger partial charge in [-0.05, 0) is 17.7 Å². The predicted octanol–water partition coefficient (Wildman–Crippen LogP) is 5.19. The van der Waals surface area contributed by atoms with E-state index in [2.05, 4.69) is 27.3 Å². The van der Waals surface area contributed by atoms with Crippen LogP contribution in [0.3, 0.4) is 0 Å². The molecular weight excluding hydrogens is 337 g/mol. The maximum Gasteiger partial charge on any atom is 0.231 e. The number of benzene rings is 2. The van der Waals surface area contributed by atoms with Crippen molar-refractivity contribution in [1.82, 2.24) is 10.2 Å². The quantitative estimate of drug-likeness (QED) is 0.609. The van der Waals surface area contributed by atoms with Crippen molar-refractivity contribution in [3.63, 3.8) is 0 Å². The van der Waals surface area contributed by atoms with Crippen molar-refractivity contribution < 1.29 is 0 Å². The summed E-state index contributed by atoms with van der Waals surface area (Å²) in [5.41, 5.74) is 2.00. The Balaban J connectivity index is 1.72. The van der Waals surface area contributed by atoms with Crippen LogP contribution in [-0.4, -0.2) is 16.4 Å². The molecule has 0 amide bonds. The second kappa shape index (κ2) is 7.01. The second-order valence-electron chi connectivity index (χ2n) is 4.56. The van der Waals surface area contributed by atoms with Crippen LogP contribution in [0.2, 0.25) is 10.0 Å². The van der Waals surface area contributed by atoms with Gasteiger partial charge in [-0.3, -0.25) is 0 Å². The van der Waals surface area contributed by atoms with Gasteiger partial charge >= 0.3 is 0 Å². The first-order valence-electron chi connectivity index (χ1n) is 6.56. The largest absolute Gasteiger partial charge is 0.231 e. The van der Waals surface area contributed by atoms with Crippen LogP contribution in [-0.2, 0) is 6.42 Å². The second-order valence-corrected chi connectivity index (χ2v) is 6.45. The van der Waals surface area contributed by atoms with Gasteiger partial charge in [-0.15, -0.1) is 10.2 Å². The van der Waals surface area contributed by atoms with Crippen molar-refractivity contribution in [2.24, 2.45) is 4.99 Å². The Labute approximate surface area is 142 Å². The minimum atomic E-state index is 0.560. The zero-order valence-corrected chi connectivity index (χ0v) is 13.7. The fraction of sp³-hybridized carbons (Fsp3) is 0.0625. The van der Waals surface area contributed by atoms with E-state index in [9.17, 15) is 0 Å². The van der Waals surface area contributed by atoms with Crippen molar-refractivity contribution in [3.05, 3.63) is 74.7 Å². The number of nitrogens with zero attached hydrogens (tertiary/aromatic N) is 3. The number of halogens is 2. The van der Waals surface area contributed by atoms with Crippen molar-refractivity contribution in [2.45, 2.75) is 6.42 Å². The van der Waals surface area contributed by atoms with Crippen LogP contribution in [0.15, 0.2) is 53.5 Å². The van der Waals surface area contributed by atoms with Crippen LogP contribution in [0.25, 0.3) is 0 Å². The van der Waals surface area contributed by atoms with Crippen LogP contribution < -0.4 is 0 Å². The monoisotopic (exact) mass is 347 g/mol. The molecule has 1 heterocycles. The van der Waals surface area contributed by atoms with Gasteiger partial charge in [0, 0.05) is 23.2 Å². The minimum absolute atomic E-state index is 0.560. The molecule has 3 aromatic rings. The van der Waals surface area contributed by atoms with E-state index in [4.69, 9.17) is 23.2 Å². The zero-order valence-electron chi connectivity index (χ0n) is 11.4. The fourth-order valence-corrected chi connectivity index (χ4v) is 3.05. The first-order valence-corrected chi connectivity index (χ1v) is 8.13. The molecule has 22 heavy (non-hydrogen) atoms. The van der Waals surface area contributed by atoms with Gasteiger partial charge in [0.05, 0.1) is 5.02 Å². The molecule has 0 saturated carbocycles. The first kappa shape index (κ1) is 15.2. The van der Waals surface area contributed by atoms with E-state index >= 15 is 0 Å². The summed E-state index contributed by atoms with van der Waals surface area (Å²) in [7, 11) is 0. The van der Waals surface area contributed by atoms with E-state index in [0.29, 0.717) is 15.2 Å². The lowest BCUT2D eigenvalue weighted by Crippen LogP contribution is -1.85. The highest BCUT2D eigenvalue weighted by molar-refractivity contribution is 7.15. The molecule has 0 bridgehead atoms. The van der Waals surface area contributed by atoms with E-state index in [-0.39, 0.29) is 0 Å². The molecule has 0 atom stereocenters. The van der Waals surface area contributed by atoms with Gasteiger partial charge in [-0.2, -0.15) is 0 Å². The number of rotatable bonds is 4. The summed E-state index contributed by atoms with van der Waals surface area (Å²) in [4.78, 5) is 4.32. The summed E-state index contributed by atoms with van der Waals surface area (Å²) in [5.74, 6) is 0. The van der Waals surface area contributed by atoms with Gasteiger partial charge in [0.1, 0.15) is 5.01 Å². The average Bonchev–Trinajstić information content (AvgIpc) is 2.95. The summed E-state index contributed by atoms with van der Waals surface area (Å²) >= 11 is 13.4. The van der Waals surface area contributed by atoms with Gasteiger partial charge < -0.3 is 0 Å². The Morgan fingerprint density at radius 1 is 1.05 bits per heavy atom. The summed E-state index contributed by atoms with van der Waals surface area (Å²) in [5, 5.41) is 10.9. The fourth-order valence-electron chi connectivity index (χ4n) is 1.87. The summed E-state index contributed by atoms with van der Waals surface area (Å²) in [6, 6.07) is 15.4. The average molecular weight is 348 g/mol. The Morgan fingerprint density at radius 3 is 2.64 bits per heavy atom. The molecule has 3 nitrogen and oxygen atoms in total. The molecular formula is C16H11Cl2N3S. The van der Waals surface area contributed by atoms with E-state index in [1.54, 1.807) is 18.3 Å². The topological polar surface area (TPSA) is 38.1 Å². The lowest BCUT2D eigenvalue weighted by Gasteiger charge is -1.97. The third-order valence-corrected chi connectivity index (χ3v) is 4.32. The predicted molar refractivity (Wildman–Crippen MR) is 92.9 cm³/mol. The highest BCUT2D eigenvalue weighted by Crippen LogP contribution is 2.23. The minimum Gasteiger partial charge on any atom is -0.226 e. The number of hydrogen-bond acceptors (Lipinski definition) is 4. The molecule has 0 fully saturated rings.